The first kappa shape index (κ1) is 18.6. The molecule has 1 aliphatic heterocycles. The van der Waals surface area contributed by atoms with Gasteiger partial charge in [0.05, 0.1) is 0 Å². The number of carbonyl (C=O) groups is 3. The van der Waals surface area contributed by atoms with Crippen LogP contribution in [0.2, 0.25) is 0 Å². The molecule has 0 spiro atoms. The summed E-state index contributed by atoms with van der Waals surface area (Å²) in [6.07, 6.45) is 0.522. The summed E-state index contributed by atoms with van der Waals surface area (Å²) in [5.41, 5.74) is 0.345. The number of nitrogens with zero attached hydrogens (tertiary/aromatic N) is 1. The van der Waals surface area contributed by atoms with Crippen LogP contribution in [0.5, 0.6) is 0 Å². The van der Waals surface area contributed by atoms with Gasteiger partial charge in [-0.3, -0.25) is 14.5 Å². The van der Waals surface area contributed by atoms with Crippen molar-refractivity contribution >= 4 is 17.8 Å². The number of urea groups is 1. The van der Waals surface area contributed by atoms with Crippen LogP contribution in [-0.2, 0) is 21.5 Å². The van der Waals surface area contributed by atoms with E-state index < -0.39 is 23.4 Å². The Kier molecular flexibility index (Phi) is 5.21. The number of halogens is 1. The molecule has 0 unspecified atom stereocenters. The zero-order chi connectivity index (χ0) is 19.4. The third kappa shape index (κ3) is 3.97. The lowest BCUT2D eigenvalue weighted by atomic mass is 9.92. The lowest BCUT2D eigenvalue weighted by molar-refractivity contribution is -0.134. The number of hydrogen-bond acceptors (Lipinski definition) is 3. The van der Waals surface area contributed by atoms with Crippen molar-refractivity contribution in [2.24, 2.45) is 0 Å². The van der Waals surface area contributed by atoms with Crippen molar-refractivity contribution in [3.63, 3.8) is 0 Å². The second-order valence-electron chi connectivity index (χ2n) is 6.54. The summed E-state index contributed by atoms with van der Waals surface area (Å²) >= 11 is 0. The van der Waals surface area contributed by atoms with Crippen molar-refractivity contribution in [3.05, 3.63) is 71.5 Å². The molecule has 0 saturated carbocycles. The van der Waals surface area contributed by atoms with Crippen LogP contribution >= 0.6 is 0 Å². The van der Waals surface area contributed by atoms with Crippen LogP contribution < -0.4 is 10.6 Å². The maximum atomic E-state index is 12.9. The van der Waals surface area contributed by atoms with Gasteiger partial charge in [0, 0.05) is 6.54 Å². The Morgan fingerprint density at radius 1 is 1.11 bits per heavy atom. The maximum Gasteiger partial charge on any atom is 0.325 e. The van der Waals surface area contributed by atoms with Crippen molar-refractivity contribution in [2.75, 3.05) is 13.1 Å². The molecule has 1 heterocycles. The van der Waals surface area contributed by atoms with Gasteiger partial charge in [-0.1, -0.05) is 42.5 Å². The van der Waals surface area contributed by atoms with Crippen LogP contribution in [0.25, 0.3) is 0 Å². The van der Waals surface area contributed by atoms with E-state index in [0.717, 1.165) is 10.5 Å². The monoisotopic (exact) mass is 369 g/mol. The van der Waals surface area contributed by atoms with Gasteiger partial charge in [0.2, 0.25) is 5.91 Å². The number of amides is 4. The highest BCUT2D eigenvalue weighted by molar-refractivity contribution is 6.09. The van der Waals surface area contributed by atoms with Gasteiger partial charge in [0.25, 0.3) is 5.91 Å². The van der Waals surface area contributed by atoms with Crippen molar-refractivity contribution < 1.29 is 18.8 Å². The SMILES string of the molecule is C[C@@]1(c2ccccc2)NC(=O)N(CC(=O)NCCc2ccc(F)cc2)C1=O. The van der Waals surface area contributed by atoms with E-state index in [-0.39, 0.29) is 12.4 Å². The first-order valence-electron chi connectivity index (χ1n) is 8.61. The van der Waals surface area contributed by atoms with E-state index in [2.05, 4.69) is 10.6 Å². The van der Waals surface area contributed by atoms with Crippen molar-refractivity contribution in [2.45, 2.75) is 18.9 Å². The van der Waals surface area contributed by atoms with E-state index in [0.29, 0.717) is 18.5 Å². The Bertz CT molecular complexity index is 855. The van der Waals surface area contributed by atoms with E-state index in [1.807, 2.05) is 6.07 Å². The van der Waals surface area contributed by atoms with Crippen LogP contribution in [0.15, 0.2) is 54.6 Å². The lowest BCUT2D eigenvalue weighted by Gasteiger charge is -2.22. The molecule has 2 N–H and O–H groups in total. The third-order valence-electron chi connectivity index (χ3n) is 4.58. The molecule has 27 heavy (non-hydrogen) atoms. The fraction of sp³-hybridized carbons (Fsp3) is 0.250. The molecule has 0 aromatic heterocycles. The quantitative estimate of drug-likeness (QED) is 0.764. The van der Waals surface area contributed by atoms with Gasteiger partial charge < -0.3 is 10.6 Å². The van der Waals surface area contributed by atoms with Crippen LogP contribution in [-0.4, -0.2) is 35.8 Å². The number of imide groups is 1. The summed E-state index contributed by atoms with van der Waals surface area (Å²) < 4.78 is 12.9. The minimum atomic E-state index is -1.19. The molecule has 1 atom stereocenters. The molecule has 7 heteroatoms. The smallest absolute Gasteiger partial charge is 0.325 e. The Labute approximate surface area is 156 Å². The van der Waals surface area contributed by atoms with Crippen molar-refractivity contribution in [3.8, 4) is 0 Å². The average Bonchev–Trinajstić information content (AvgIpc) is 2.88. The third-order valence-corrected chi connectivity index (χ3v) is 4.58. The molecule has 3 rings (SSSR count). The van der Waals surface area contributed by atoms with Gasteiger partial charge >= 0.3 is 6.03 Å². The molecule has 2 aromatic rings. The number of rotatable bonds is 6. The van der Waals surface area contributed by atoms with Gasteiger partial charge in [-0.15, -0.1) is 0 Å². The van der Waals surface area contributed by atoms with Crippen LogP contribution in [0.3, 0.4) is 0 Å². The van der Waals surface area contributed by atoms with E-state index >= 15 is 0 Å². The normalized spacial score (nSPS) is 19.1. The number of hydrogen-bond donors (Lipinski definition) is 2. The summed E-state index contributed by atoms with van der Waals surface area (Å²) in [4.78, 5) is 38.0. The average molecular weight is 369 g/mol. The fourth-order valence-corrected chi connectivity index (χ4v) is 3.00. The molecule has 4 amide bonds. The first-order chi connectivity index (χ1) is 12.9. The molecule has 1 fully saturated rings. The van der Waals surface area contributed by atoms with Gasteiger partial charge in [0.1, 0.15) is 17.9 Å². The van der Waals surface area contributed by atoms with Crippen LogP contribution in [0, 0.1) is 5.82 Å². The molecular formula is C20H20FN3O3. The minimum Gasteiger partial charge on any atom is -0.354 e. The molecule has 140 valence electrons. The summed E-state index contributed by atoms with van der Waals surface area (Å²) in [5.74, 6) is -1.21. The van der Waals surface area contributed by atoms with Crippen molar-refractivity contribution in [1.29, 1.82) is 0 Å². The highest BCUT2D eigenvalue weighted by Gasteiger charge is 2.49. The Morgan fingerprint density at radius 3 is 2.44 bits per heavy atom. The second-order valence-corrected chi connectivity index (χ2v) is 6.54. The summed E-state index contributed by atoms with van der Waals surface area (Å²) in [6, 6.07) is 14.3. The van der Waals surface area contributed by atoms with E-state index in [9.17, 15) is 18.8 Å². The minimum absolute atomic E-state index is 0.317. The predicted molar refractivity (Wildman–Crippen MR) is 97.2 cm³/mol. The molecule has 0 bridgehead atoms. The molecule has 0 aliphatic carbocycles. The Morgan fingerprint density at radius 2 is 1.78 bits per heavy atom. The topological polar surface area (TPSA) is 78.5 Å². The molecule has 6 nitrogen and oxygen atoms in total. The zero-order valence-electron chi connectivity index (χ0n) is 14.9. The Hall–Kier alpha value is -3.22. The van der Waals surface area contributed by atoms with Crippen LogP contribution in [0.1, 0.15) is 18.1 Å². The zero-order valence-corrected chi connectivity index (χ0v) is 14.9. The first-order valence-corrected chi connectivity index (χ1v) is 8.61. The highest BCUT2D eigenvalue weighted by atomic mass is 19.1. The maximum absolute atomic E-state index is 12.9. The fourth-order valence-electron chi connectivity index (χ4n) is 3.00. The van der Waals surface area contributed by atoms with Crippen LogP contribution in [0.4, 0.5) is 9.18 Å². The summed E-state index contributed by atoms with van der Waals surface area (Å²) in [6.45, 7) is 1.59. The number of carbonyl (C=O) groups excluding carboxylic acids is 3. The van der Waals surface area contributed by atoms with Gasteiger partial charge in [0.15, 0.2) is 0 Å². The molecule has 0 radical (unpaired) electrons. The second kappa shape index (κ2) is 7.57. The largest absolute Gasteiger partial charge is 0.354 e. The number of benzene rings is 2. The molecule has 1 aliphatic rings. The standard InChI is InChI=1S/C20H20FN3O3/c1-20(15-5-3-2-4-6-15)18(26)24(19(27)23-20)13-17(25)22-12-11-14-7-9-16(21)10-8-14/h2-10H,11-13H2,1H3,(H,22,25)(H,23,27)/t20-/m0/s1. The predicted octanol–water partition coefficient (Wildman–Crippen LogP) is 1.95. The molecule has 2 aromatic carbocycles. The number of nitrogens with one attached hydrogen (secondary N) is 2. The van der Waals surface area contributed by atoms with Gasteiger partial charge in [-0.05, 0) is 36.6 Å². The van der Waals surface area contributed by atoms with Gasteiger partial charge in [-0.25, -0.2) is 9.18 Å². The van der Waals surface area contributed by atoms with E-state index in [4.69, 9.17) is 0 Å². The van der Waals surface area contributed by atoms with E-state index in [1.54, 1.807) is 43.3 Å². The van der Waals surface area contributed by atoms with Gasteiger partial charge in [-0.2, -0.15) is 0 Å². The molecular weight excluding hydrogens is 349 g/mol. The van der Waals surface area contributed by atoms with Crippen molar-refractivity contribution in [1.82, 2.24) is 15.5 Å². The lowest BCUT2D eigenvalue weighted by Crippen LogP contribution is -2.43. The molecule has 1 saturated heterocycles. The Balaban J connectivity index is 1.57. The highest BCUT2D eigenvalue weighted by Crippen LogP contribution is 2.28. The summed E-state index contributed by atoms with van der Waals surface area (Å²) in [7, 11) is 0. The van der Waals surface area contributed by atoms with E-state index in [1.165, 1.54) is 12.1 Å². The summed E-state index contributed by atoms with van der Waals surface area (Å²) in [5, 5.41) is 5.34.